The first-order chi connectivity index (χ1) is 10.7. The van der Waals surface area contributed by atoms with Crippen molar-refractivity contribution in [1.82, 2.24) is 5.32 Å². The normalized spacial score (nSPS) is 10.6. The van der Waals surface area contributed by atoms with Gasteiger partial charge in [-0.25, -0.2) is 4.79 Å². The third-order valence-electron chi connectivity index (χ3n) is 2.95. The Morgan fingerprint density at radius 2 is 1.95 bits per heavy atom. The topological polar surface area (TPSA) is 64.3 Å². The molecule has 2 aromatic carbocycles. The molecule has 1 amide bonds. The lowest BCUT2D eigenvalue weighted by Crippen LogP contribution is -2.24. The zero-order valence-corrected chi connectivity index (χ0v) is 12.7. The van der Waals surface area contributed by atoms with E-state index in [2.05, 4.69) is 5.32 Å². The van der Waals surface area contributed by atoms with E-state index in [0.29, 0.717) is 17.3 Å². The average Bonchev–Trinajstić information content (AvgIpc) is 2.53. The van der Waals surface area contributed by atoms with E-state index in [1.165, 1.54) is 0 Å². The largest absolute Gasteiger partial charge is 0.445 e. The third kappa shape index (κ3) is 4.82. The Hall–Kier alpha value is -2.46. The summed E-state index contributed by atoms with van der Waals surface area (Å²) in [5.74, 6) is 0. The van der Waals surface area contributed by atoms with Gasteiger partial charge in [-0.3, -0.25) is 0 Å². The Balaban J connectivity index is 1.76. The highest BCUT2D eigenvalue weighted by molar-refractivity contribution is 6.32. The van der Waals surface area contributed by atoms with Gasteiger partial charge in [-0.15, -0.1) is 0 Å². The molecule has 0 unspecified atom stereocenters. The quantitative estimate of drug-likeness (QED) is 0.823. The van der Waals surface area contributed by atoms with Gasteiger partial charge in [-0.2, -0.15) is 0 Å². The van der Waals surface area contributed by atoms with Crippen molar-refractivity contribution in [3.63, 3.8) is 0 Å². The Kier molecular flexibility index (Phi) is 5.86. The fourth-order valence-corrected chi connectivity index (χ4v) is 2.07. The number of hydrogen-bond donors (Lipinski definition) is 2. The number of benzene rings is 2. The lowest BCUT2D eigenvalue weighted by atomic mass is 10.1. The molecule has 5 heteroatoms. The highest BCUT2D eigenvalue weighted by atomic mass is 35.5. The zero-order valence-electron chi connectivity index (χ0n) is 12.0. The minimum absolute atomic E-state index is 0.244. The Morgan fingerprint density at radius 3 is 2.68 bits per heavy atom. The summed E-state index contributed by atoms with van der Waals surface area (Å²) < 4.78 is 5.09. The van der Waals surface area contributed by atoms with Gasteiger partial charge in [0.15, 0.2) is 0 Å². The molecule has 0 radical (unpaired) electrons. The van der Waals surface area contributed by atoms with E-state index in [1.54, 1.807) is 30.4 Å². The van der Waals surface area contributed by atoms with Crippen molar-refractivity contribution >= 4 is 29.5 Å². The first-order valence-corrected chi connectivity index (χ1v) is 7.19. The van der Waals surface area contributed by atoms with Crippen LogP contribution >= 0.6 is 11.6 Å². The molecule has 114 valence electrons. The summed E-state index contributed by atoms with van der Waals surface area (Å²) in [6.07, 6.45) is 3.07. The monoisotopic (exact) mass is 316 g/mol. The zero-order chi connectivity index (χ0) is 15.8. The summed E-state index contributed by atoms with van der Waals surface area (Å²) in [4.78, 5) is 11.5. The van der Waals surface area contributed by atoms with Gasteiger partial charge in [0.25, 0.3) is 0 Å². The van der Waals surface area contributed by atoms with Crippen LogP contribution in [0.1, 0.15) is 11.1 Å². The van der Waals surface area contributed by atoms with Gasteiger partial charge >= 0.3 is 6.09 Å². The molecule has 0 saturated heterocycles. The average molecular weight is 317 g/mol. The molecule has 0 fully saturated rings. The molecule has 4 nitrogen and oxygen atoms in total. The number of nitrogens with one attached hydrogen (secondary N) is 1. The van der Waals surface area contributed by atoms with Gasteiger partial charge in [0.05, 0.1) is 0 Å². The minimum atomic E-state index is -0.472. The maximum atomic E-state index is 11.5. The number of anilines is 1. The van der Waals surface area contributed by atoms with Gasteiger partial charge in [-0.05, 0) is 17.7 Å². The molecule has 0 aliphatic rings. The molecule has 2 rings (SSSR count). The number of nitrogens with two attached hydrogens (primary N) is 1. The summed E-state index contributed by atoms with van der Waals surface area (Å²) in [6.45, 7) is 0.576. The molecule has 0 bridgehead atoms. The van der Waals surface area contributed by atoms with Crippen LogP contribution in [0, 0.1) is 0 Å². The molecule has 3 N–H and O–H groups in total. The number of halogens is 1. The van der Waals surface area contributed by atoms with Gasteiger partial charge < -0.3 is 15.8 Å². The summed E-state index contributed by atoms with van der Waals surface area (Å²) in [5.41, 5.74) is 8.10. The second-order valence-corrected chi connectivity index (χ2v) is 4.99. The van der Waals surface area contributed by atoms with Crippen molar-refractivity contribution < 1.29 is 9.53 Å². The molecule has 0 atom stereocenters. The predicted octanol–water partition coefficient (Wildman–Crippen LogP) is 3.86. The number of ether oxygens (including phenoxy) is 1. The van der Waals surface area contributed by atoms with Crippen LogP contribution in [0.4, 0.5) is 10.5 Å². The molecule has 0 heterocycles. The number of nitrogen functional groups attached to an aromatic ring is 1. The molecule has 0 spiro atoms. The standard InChI is InChI=1S/C17H17ClN2O2/c18-15-9-4-10-16(19)14(15)8-5-11-20-17(21)22-12-13-6-2-1-3-7-13/h1-10H,11-12,19H2,(H,20,21). The van der Waals surface area contributed by atoms with Crippen LogP contribution in [0.5, 0.6) is 0 Å². The molecule has 2 aromatic rings. The van der Waals surface area contributed by atoms with E-state index in [-0.39, 0.29) is 6.61 Å². The van der Waals surface area contributed by atoms with Gasteiger partial charge in [0.1, 0.15) is 6.61 Å². The highest BCUT2D eigenvalue weighted by Crippen LogP contribution is 2.22. The molecule has 0 aliphatic heterocycles. The van der Waals surface area contributed by atoms with Crippen LogP contribution in [-0.4, -0.2) is 12.6 Å². The number of carbonyl (C=O) groups is 1. The number of rotatable bonds is 5. The Labute approximate surface area is 134 Å². The van der Waals surface area contributed by atoms with E-state index in [9.17, 15) is 4.79 Å². The van der Waals surface area contributed by atoms with Crippen LogP contribution < -0.4 is 11.1 Å². The highest BCUT2D eigenvalue weighted by Gasteiger charge is 2.02. The van der Waals surface area contributed by atoms with E-state index in [1.807, 2.05) is 30.3 Å². The third-order valence-corrected chi connectivity index (χ3v) is 3.28. The SMILES string of the molecule is Nc1cccc(Cl)c1C=CCNC(=O)OCc1ccccc1. The van der Waals surface area contributed by atoms with E-state index >= 15 is 0 Å². The summed E-state index contributed by atoms with van der Waals surface area (Å²) in [6, 6.07) is 14.8. The summed E-state index contributed by atoms with van der Waals surface area (Å²) in [7, 11) is 0. The summed E-state index contributed by atoms with van der Waals surface area (Å²) in [5, 5.41) is 3.20. The molecular weight excluding hydrogens is 300 g/mol. The lowest BCUT2D eigenvalue weighted by molar-refractivity contribution is 0.141. The molecular formula is C17H17ClN2O2. The first-order valence-electron chi connectivity index (χ1n) is 6.82. The number of carbonyl (C=O) groups excluding carboxylic acids is 1. The van der Waals surface area contributed by atoms with Crippen molar-refractivity contribution in [2.45, 2.75) is 6.61 Å². The fourth-order valence-electron chi connectivity index (χ4n) is 1.82. The van der Waals surface area contributed by atoms with Crippen LogP contribution in [0.3, 0.4) is 0 Å². The smallest absolute Gasteiger partial charge is 0.407 e. The maximum absolute atomic E-state index is 11.5. The van der Waals surface area contributed by atoms with Crippen LogP contribution in [0.15, 0.2) is 54.6 Å². The van der Waals surface area contributed by atoms with Crippen molar-refractivity contribution in [2.24, 2.45) is 0 Å². The van der Waals surface area contributed by atoms with E-state index in [4.69, 9.17) is 22.1 Å². The van der Waals surface area contributed by atoms with Crippen molar-refractivity contribution in [2.75, 3.05) is 12.3 Å². The predicted molar refractivity (Wildman–Crippen MR) is 89.5 cm³/mol. The van der Waals surface area contributed by atoms with Crippen LogP contribution in [0.2, 0.25) is 5.02 Å². The maximum Gasteiger partial charge on any atom is 0.407 e. The number of amides is 1. The van der Waals surface area contributed by atoms with Crippen molar-refractivity contribution in [3.05, 3.63) is 70.8 Å². The first kappa shape index (κ1) is 15.9. The van der Waals surface area contributed by atoms with Crippen molar-refractivity contribution in [3.8, 4) is 0 Å². The van der Waals surface area contributed by atoms with Gasteiger partial charge in [0, 0.05) is 22.8 Å². The number of alkyl carbamates (subject to hydrolysis) is 1. The van der Waals surface area contributed by atoms with Gasteiger partial charge in [0.2, 0.25) is 0 Å². The molecule has 0 aromatic heterocycles. The Morgan fingerprint density at radius 1 is 1.18 bits per heavy atom. The Bertz CT molecular complexity index is 637. The summed E-state index contributed by atoms with van der Waals surface area (Å²) >= 11 is 6.05. The second-order valence-electron chi connectivity index (χ2n) is 4.59. The molecule has 0 saturated carbocycles. The van der Waals surface area contributed by atoms with Gasteiger partial charge in [-0.1, -0.05) is 60.2 Å². The van der Waals surface area contributed by atoms with Crippen LogP contribution in [0.25, 0.3) is 6.08 Å². The van der Waals surface area contributed by atoms with E-state index < -0.39 is 6.09 Å². The second kappa shape index (κ2) is 8.10. The molecule has 0 aliphatic carbocycles. The molecule has 22 heavy (non-hydrogen) atoms. The minimum Gasteiger partial charge on any atom is -0.445 e. The van der Waals surface area contributed by atoms with Crippen LogP contribution in [-0.2, 0) is 11.3 Å². The van der Waals surface area contributed by atoms with Crippen molar-refractivity contribution in [1.29, 1.82) is 0 Å². The fraction of sp³-hybridized carbons (Fsp3) is 0.118. The number of hydrogen-bond acceptors (Lipinski definition) is 3. The van der Waals surface area contributed by atoms with E-state index in [0.717, 1.165) is 11.1 Å². The lowest BCUT2D eigenvalue weighted by Gasteiger charge is -2.05.